The Kier molecular flexibility index (Phi) is 3.75. The first-order valence-corrected chi connectivity index (χ1v) is 12.3. The molecule has 0 bridgehead atoms. The molecule has 0 fully saturated rings. The van der Waals surface area contributed by atoms with E-state index in [2.05, 4.69) is 61.5 Å². The lowest BCUT2D eigenvalue weighted by molar-refractivity contribution is -0.660. The Balaban J connectivity index is 1.57. The molecule has 1 aromatic heterocycles. The molecule has 0 spiro atoms. The fourth-order valence-corrected chi connectivity index (χ4v) is 6.30. The van der Waals surface area contributed by atoms with E-state index in [1.807, 2.05) is 48.1 Å². The molecule has 2 aliphatic rings. The first kappa shape index (κ1) is 17.5. The molecule has 0 unspecified atom stereocenters. The predicted octanol–water partition coefficient (Wildman–Crippen LogP) is 7.60. The second-order valence-corrected chi connectivity index (χ2v) is 9.84. The first-order chi connectivity index (χ1) is 18.3. The summed E-state index contributed by atoms with van der Waals surface area (Å²) >= 11 is 0. The first-order valence-electron chi connectivity index (χ1n) is 13.8. The van der Waals surface area contributed by atoms with Crippen LogP contribution in [0.3, 0.4) is 0 Å². The van der Waals surface area contributed by atoms with Crippen LogP contribution in [0.1, 0.15) is 37.5 Å². The van der Waals surface area contributed by atoms with Crippen LogP contribution >= 0.6 is 0 Å². The Labute approximate surface area is 211 Å². The second-order valence-electron chi connectivity index (χ2n) is 9.84. The summed E-state index contributed by atoms with van der Waals surface area (Å²) in [5.41, 5.74) is 16.5. The third-order valence-electron chi connectivity index (χ3n) is 7.91. The largest absolute Gasteiger partial charge is 0.213 e. The minimum Gasteiger partial charge on any atom is -0.201 e. The number of benzene rings is 4. The highest BCUT2D eigenvalue weighted by Gasteiger charge is 2.35. The summed E-state index contributed by atoms with van der Waals surface area (Å²) in [5, 5.41) is 0. The molecule has 4 aromatic carbocycles. The van der Waals surface area contributed by atoms with Crippen LogP contribution in [0.4, 0.5) is 0 Å². The van der Waals surface area contributed by atoms with Gasteiger partial charge in [0.05, 0.1) is 5.56 Å². The molecule has 1 nitrogen and oxygen atoms in total. The lowest BCUT2D eigenvalue weighted by Crippen LogP contribution is -2.32. The lowest BCUT2D eigenvalue weighted by Gasteiger charge is -2.19. The number of nitrogens with zero attached hydrogens (tertiary/aromatic N) is 1. The Hall–Kier alpha value is -3.97. The SMILES string of the molecule is [2H]C([2H])([2H])c1c[n+](C)c(-c2c(C)c3c(c4c2Cc2ccccc2-4)-c2ccccc2C3)cc1-c1ccccc1. The standard InChI is InChI=1S/C34H28N/c1-21-20-35(3)31(19-28(21)23-11-5-4-6-12-23)32-22(2)29-17-24-13-7-9-15-26(24)33(29)34-27-16-10-8-14-25(27)18-30(32)34/h4-16,19-20H,17-18H2,1-3H3/q+1/i1D3. The van der Waals surface area contributed by atoms with E-state index in [0.29, 0.717) is 5.56 Å². The van der Waals surface area contributed by atoms with Gasteiger partial charge in [-0.05, 0) is 87.8 Å². The predicted molar refractivity (Wildman–Crippen MR) is 144 cm³/mol. The average Bonchev–Trinajstić information content (AvgIpc) is 3.48. The summed E-state index contributed by atoms with van der Waals surface area (Å²) in [6, 6.07) is 29.6. The van der Waals surface area contributed by atoms with Crippen molar-refractivity contribution in [1.82, 2.24) is 0 Å². The highest BCUT2D eigenvalue weighted by molar-refractivity contribution is 6.00. The molecular weight excluding hydrogens is 422 g/mol. The number of pyridine rings is 1. The summed E-state index contributed by atoms with van der Waals surface area (Å²) < 4.78 is 26.9. The van der Waals surface area contributed by atoms with E-state index in [9.17, 15) is 0 Å². The van der Waals surface area contributed by atoms with Crippen LogP contribution in [0, 0.1) is 13.8 Å². The van der Waals surface area contributed by atoms with Crippen LogP contribution < -0.4 is 4.57 Å². The molecule has 5 aromatic rings. The van der Waals surface area contributed by atoms with E-state index in [1.165, 1.54) is 55.6 Å². The van der Waals surface area contributed by atoms with E-state index < -0.39 is 6.85 Å². The number of aryl methyl sites for hydroxylation is 2. The van der Waals surface area contributed by atoms with E-state index in [1.54, 1.807) is 0 Å². The van der Waals surface area contributed by atoms with Gasteiger partial charge in [0, 0.05) is 15.7 Å². The molecule has 0 atom stereocenters. The highest BCUT2D eigenvalue weighted by Crippen LogP contribution is 2.53. The zero-order valence-electron chi connectivity index (χ0n) is 23.0. The summed E-state index contributed by atoms with van der Waals surface area (Å²) in [4.78, 5) is 0. The topological polar surface area (TPSA) is 3.88 Å². The zero-order valence-corrected chi connectivity index (χ0v) is 20.0. The summed E-state index contributed by atoms with van der Waals surface area (Å²) in [6.07, 6.45) is 3.61. The summed E-state index contributed by atoms with van der Waals surface area (Å²) in [6.45, 7) is 0.0391. The van der Waals surface area contributed by atoms with Crippen LogP contribution in [0.5, 0.6) is 0 Å². The molecule has 0 N–H and O–H groups in total. The normalized spacial score (nSPS) is 14.4. The second kappa shape index (κ2) is 7.52. The van der Waals surface area contributed by atoms with Crippen LogP contribution in [0.2, 0.25) is 0 Å². The van der Waals surface area contributed by atoms with Gasteiger partial charge in [-0.2, -0.15) is 0 Å². The molecule has 0 amide bonds. The summed E-state index contributed by atoms with van der Waals surface area (Å²) in [5.74, 6) is 0. The Bertz CT molecular complexity index is 1760. The molecular formula is C34H28N+. The molecule has 0 saturated heterocycles. The fourth-order valence-electron chi connectivity index (χ4n) is 6.30. The number of hydrogen-bond donors (Lipinski definition) is 0. The molecule has 7 rings (SSSR count). The third-order valence-corrected chi connectivity index (χ3v) is 7.91. The van der Waals surface area contributed by atoms with Crippen LogP contribution in [0.15, 0.2) is 91.1 Å². The van der Waals surface area contributed by atoms with Gasteiger partial charge in [-0.1, -0.05) is 78.9 Å². The Morgan fingerprint density at radius 2 is 1.29 bits per heavy atom. The van der Waals surface area contributed by atoms with E-state index in [4.69, 9.17) is 4.11 Å². The maximum atomic E-state index is 8.28. The molecule has 1 heteroatoms. The molecule has 0 radical (unpaired) electrons. The molecule has 168 valence electrons. The van der Waals surface area contributed by atoms with Gasteiger partial charge in [-0.3, -0.25) is 0 Å². The van der Waals surface area contributed by atoms with Crippen molar-refractivity contribution in [3.63, 3.8) is 0 Å². The van der Waals surface area contributed by atoms with E-state index in [-0.39, 0.29) is 0 Å². The van der Waals surface area contributed by atoms with Crippen molar-refractivity contribution >= 4 is 0 Å². The quantitative estimate of drug-likeness (QED) is 0.237. The zero-order chi connectivity index (χ0) is 26.2. The summed E-state index contributed by atoms with van der Waals surface area (Å²) in [7, 11) is 1.98. The van der Waals surface area contributed by atoms with Crippen molar-refractivity contribution in [1.29, 1.82) is 0 Å². The van der Waals surface area contributed by atoms with Crippen LogP contribution in [-0.4, -0.2) is 0 Å². The van der Waals surface area contributed by atoms with Crippen molar-refractivity contribution in [2.75, 3.05) is 0 Å². The monoisotopic (exact) mass is 453 g/mol. The lowest BCUT2D eigenvalue weighted by atomic mass is 9.85. The van der Waals surface area contributed by atoms with Gasteiger partial charge in [-0.25, -0.2) is 4.57 Å². The van der Waals surface area contributed by atoms with E-state index in [0.717, 1.165) is 29.7 Å². The van der Waals surface area contributed by atoms with Gasteiger partial charge in [0.15, 0.2) is 6.20 Å². The van der Waals surface area contributed by atoms with Crippen LogP contribution in [0.25, 0.3) is 44.6 Å². The van der Waals surface area contributed by atoms with Gasteiger partial charge >= 0.3 is 0 Å². The van der Waals surface area contributed by atoms with Gasteiger partial charge < -0.3 is 0 Å². The fraction of sp³-hybridized carbons (Fsp3) is 0.147. The highest BCUT2D eigenvalue weighted by atomic mass is 14.9. The van der Waals surface area contributed by atoms with E-state index >= 15 is 0 Å². The minimum absolute atomic E-state index is 0.376. The minimum atomic E-state index is -2.21. The Morgan fingerprint density at radius 1 is 0.686 bits per heavy atom. The van der Waals surface area contributed by atoms with Crippen molar-refractivity contribution in [3.05, 3.63) is 125 Å². The van der Waals surface area contributed by atoms with Crippen molar-refractivity contribution in [2.45, 2.75) is 26.6 Å². The smallest absolute Gasteiger partial charge is 0.201 e. The van der Waals surface area contributed by atoms with Crippen molar-refractivity contribution in [3.8, 4) is 44.6 Å². The maximum Gasteiger partial charge on any atom is 0.213 e. The Morgan fingerprint density at radius 3 is 1.97 bits per heavy atom. The van der Waals surface area contributed by atoms with Gasteiger partial charge in [0.25, 0.3) is 0 Å². The van der Waals surface area contributed by atoms with Crippen LogP contribution in [-0.2, 0) is 19.9 Å². The third kappa shape index (κ3) is 2.91. The number of fused-ring (bicyclic) bond motifs is 7. The van der Waals surface area contributed by atoms with Crippen molar-refractivity contribution < 1.29 is 8.68 Å². The van der Waals surface area contributed by atoms with Gasteiger partial charge in [0.1, 0.15) is 7.05 Å². The van der Waals surface area contributed by atoms with Gasteiger partial charge in [-0.15, -0.1) is 0 Å². The number of aromatic nitrogens is 1. The number of hydrogen-bond acceptors (Lipinski definition) is 0. The number of rotatable bonds is 2. The maximum absolute atomic E-state index is 8.28. The van der Waals surface area contributed by atoms with Gasteiger partial charge in [0.2, 0.25) is 5.69 Å². The molecule has 0 aliphatic heterocycles. The van der Waals surface area contributed by atoms with Crippen molar-refractivity contribution in [2.24, 2.45) is 7.05 Å². The molecule has 0 saturated carbocycles. The molecule has 2 aliphatic carbocycles. The molecule has 1 heterocycles. The molecule has 35 heavy (non-hydrogen) atoms. The average molecular weight is 454 g/mol.